The van der Waals surface area contributed by atoms with E-state index < -0.39 is 0 Å². The second-order valence-corrected chi connectivity index (χ2v) is 5.96. The zero-order valence-electron chi connectivity index (χ0n) is 12.2. The number of hydrogen-bond acceptors (Lipinski definition) is 3. The minimum atomic E-state index is -0.148. The van der Waals surface area contributed by atoms with Gasteiger partial charge in [0, 0.05) is 18.8 Å². The van der Waals surface area contributed by atoms with Crippen LogP contribution in [0, 0.1) is 0 Å². The molecule has 3 nitrogen and oxygen atoms in total. The van der Waals surface area contributed by atoms with E-state index in [9.17, 15) is 4.79 Å². The van der Waals surface area contributed by atoms with Crippen LogP contribution in [0.4, 0.5) is 5.69 Å². The van der Waals surface area contributed by atoms with Gasteiger partial charge in [-0.15, -0.1) is 0 Å². The van der Waals surface area contributed by atoms with Crippen molar-refractivity contribution in [2.75, 3.05) is 24.8 Å². The summed E-state index contributed by atoms with van der Waals surface area (Å²) in [6.07, 6.45) is 3.11. The molecule has 0 saturated heterocycles. The summed E-state index contributed by atoms with van der Waals surface area (Å²) in [5, 5.41) is 0. The van der Waals surface area contributed by atoms with Gasteiger partial charge in [0.15, 0.2) is 0 Å². The summed E-state index contributed by atoms with van der Waals surface area (Å²) in [6, 6.07) is 7.84. The third kappa shape index (κ3) is 4.46. The average molecular weight is 280 g/mol. The number of nitrogens with zero attached hydrogens (tertiary/aromatic N) is 1. The predicted molar refractivity (Wildman–Crippen MR) is 84.5 cm³/mol. The highest BCUT2D eigenvalue weighted by Gasteiger charge is 2.22. The molecule has 0 bridgehead atoms. The third-order valence-corrected chi connectivity index (χ3v) is 4.17. The maximum Gasteiger partial charge on any atom is 0.229 e. The van der Waals surface area contributed by atoms with Crippen molar-refractivity contribution in [3.05, 3.63) is 29.8 Å². The summed E-state index contributed by atoms with van der Waals surface area (Å²) in [5.74, 6) is 1.08. The number of carbonyl (C=O) groups is 1. The first-order chi connectivity index (χ1) is 8.97. The monoisotopic (exact) mass is 280 g/mol. The summed E-state index contributed by atoms with van der Waals surface area (Å²) >= 11 is 1.81. The van der Waals surface area contributed by atoms with E-state index in [0.717, 1.165) is 17.7 Å². The van der Waals surface area contributed by atoms with Crippen molar-refractivity contribution in [2.24, 2.45) is 0 Å². The normalized spacial score (nSPS) is 13.9. The highest BCUT2D eigenvalue weighted by Crippen LogP contribution is 2.21. The predicted octanol–water partition coefficient (Wildman–Crippen LogP) is 2.97. The van der Waals surface area contributed by atoms with Crippen LogP contribution < -0.4 is 5.73 Å². The van der Waals surface area contributed by atoms with Crippen LogP contribution in [-0.2, 0) is 4.79 Å². The SMILES string of the molecule is CSCCC(C)N(C)C(=O)C(C)c1cccc(N)c1. The zero-order valence-corrected chi connectivity index (χ0v) is 13.0. The molecular formula is C15H24N2OS. The van der Waals surface area contributed by atoms with Crippen molar-refractivity contribution in [2.45, 2.75) is 32.2 Å². The molecule has 19 heavy (non-hydrogen) atoms. The number of benzene rings is 1. The highest BCUT2D eigenvalue weighted by molar-refractivity contribution is 7.98. The summed E-state index contributed by atoms with van der Waals surface area (Å²) in [7, 11) is 1.89. The maximum absolute atomic E-state index is 12.4. The van der Waals surface area contributed by atoms with E-state index in [1.165, 1.54) is 0 Å². The van der Waals surface area contributed by atoms with Crippen LogP contribution in [0.3, 0.4) is 0 Å². The Morgan fingerprint density at radius 1 is 1.42 bits per heavy atom. The fourth-order valence-electron chi connectivity index (χ4n) is 1.98. The number of likely N-dealkylation sites (N-methyl/N-ethyl adjacent to an activating group) is 1. The van der Waals surface area contributed by atoms with Gasteiger partial charge < -0.3 is 10.6 Å². The molecule has 1 rings (SSSR count). The van der Waals surface area contributed by atoms with Gasteiger partial charge in [-0.1, -0.05) is 12.1 Å². The molecule has 2 atom stereocenters. The number of carbonyl (C=O) groups excluding carboxylic acids is 1. The Labute approximate surface area is 120 Å². The molecule has 0 radical (unpaired) electrons. The molecule has 2 N–H and O–H groups in total. The molecule has 0 saturated carbocycles. The third-order valence-electron chi connectivity index (χ3n) is 3.53. The topological polar surface area (TPSA) is 46.3 Å². The van der Waals surface area contributed by atoms with Crippen LogP contribution in [0.15, 0.2) is 24.3 Å². The fraction of sp³-hybridized carbons (Fsp3) is 0.533. The molecule has 1 amide bonds. The van der Waals surface area contributed by atoms with Gasteiger partial charge in [-0.3, -0.25) is 4.79 Å². The number of nitrogen functional groups attached to an aromatic ring is 1. The van der Waals surface area contributed by atoms with Crippen LogP contribution in [0.2, 0.25) is 0 Å². The van der Waals surface area contributed by atoms with Gasteiger partial charge in [0.2, 0.25) is 5.91 Å². The zero-order chi connectivity index (χ0) is 14.4. The summed E-state index contributed by atoms with van der Waals surface area (Å²) in [5.41, 5.74) is 7.45. The van der Waals surface area contributed by atoms with Gasteiger partial charge in [-0.05, 0) is 50.0 Å². The Balaban J connectivity index is 2.71. The van der Waals surface area contributed by atoms with Gasteiger partial charge in [0.25, 0.3) is 0 Å². The Hall–Kier alpha value is -1.16. The first-order valence-electron chi connectivity index (χ1n) is 6.58. The molecule has 0 aromatic heterocycles. The highest BCUT2D eigenvalue weighted by atomic mass is 32.2. The van der Waals surface area contributed by atoms with E-state index in [1.807, 2.05) is 54.9 Å². The van der Waals surface area contributed by atoms with E-state index in [4.69, 9.17) is 5.73 Å². The number of amides is 1. The lowest BCUT2D eigenvalue weighted by molar-refractivity contribution is -0.132. The van der Waals surface area contributed by atoms with Crippen LogP contribution in [0.25, 0.3) is 0 Å². The minimum absolute atomic E-state index is 0.148. The minimum Gasteiger partial charge on any atom is -0.399 e. The lowest BCUT2D eigenvalue weighted by Crippen LogP contribution is -2.38. The molecule has 0 aliphatic rings. The number of anilines is 1. The van der Waals surface area contributed by atoms with Crippen LogP contribution in [-0.4, -0.2) is 35.9 Å². The van der Waals surface area contributed by atoms with E-state index in [1.54, 1.807) is 0 Å². The molecule has 0 heterocycles. The van der Waals surface area contributed by atoms with Gasteiger partial charge >= 0.3 is 0 Å². The first-order valence-corrected chi connectivity index (χ1v) is 7.97. The van der Waals surface area contributed by atoms with E-state index in [0.29, 0.717) is 5.69 Å². The molecule has 4 heteroatoms. The first kappa shape index (κ1) is 15.9. The van der Waals surface area contributed by atoms with Gasteiger partial charge in [-0.2, -0.15) is 11.8 Å². The van der Waals surface area contributed by atoms with Crippen LogP contribution in [0.1, 0.15) is 31.7 Å². The molecule has 0 aliphatic carbocycles. The Kier molecular flexibility index (Phi) is 6.22. The van der Waals surface area contributed by atoms with Crippen molar-refractivity contribution in [3.63, 3.8) is 0 Å². The largest absolute Gasteiger partial charge is 0.399 e. The summed E-state index contributed by atoms with van der Waals surface area (Å²) in [6.45, 7) is 4.04. The van der Waals surface area contributed by atoms with E-state index >= 15 is 0 Å². The van der Waals surface area contributed by atoms with Crippen LogP contribution in [0.5, 0.6) is 0 Å². The maximum atomic E-state index is 12.4. The standard InChI is InChI=1S/C15H24N2OS/c1-11(8-9-19-4)17(3)15(18)12(2)13-6-5-7-14(16)10-13/h5-7,10-12H,8-9,16H2,1-4H3. The Morgan fingerprint density at radius 3 is 2.68 bits per heavy atom. The fourth-order valence-corrected chi connectivity index (χ4v) is 2.55. The second-order valence-electron chi connectivity index (χ2n) is 4.97. The lowest BCUT2D eigenvalue weighted by atomic mass is 9.98. The molecule has 0 fully saturated rings. The van der Waals surface area contributed by atoms with Crippen molar-refractivity contribution in [3.8, 4) is 0 Å². The van der Waals surface area contributed by atoms with Crippen molar-refractivity contribution in [1.82, 2.24) is 4.90 Å². The summed E-state index contributed by atoms with van der Waals surface area (Å²) in [4.78, 5) is 14.3. The molecule has 0 aliphatic heterocycles. The quantitative estimate of drug-likeness (QED) is 0.815. The Morgan fingerprint density at radius 2 is 2.11 bits per heavy atom. The van der Waals surface area contributed by atoms with Gasteiger partial charge in [0.05, 0.1) is 5.92 Å². The Bertz CT molecular complexity index is 422. The van der Waals surface area contributed by atoms with Crippen molar-refractivity contribution >= 4 is 23.4 Å². The number of hydrogen-bond donors (Lipinski definition) is 1. The molecule has 1 aromatic carbocycles. The van der Waals surface area contributed by atoms with Crippen molar-refractivity contribution in [1.29, 1.82) is 0 Å². The van der Waals surface area contributed by atoms with Gasteiger partial charge in [0.1, 0.15) is 0 Å². The average Bonchev–Trinajstić information content (AvgIpc) is 2.42. The number of rotatable bonds is 6. The molecule has 0 spiro atoms. The van der Waals surface area contributed by atoms with E-state index in [-0.39, 0.29) is 17.9 Å². The molecule has 1 aromatic rings. The lowest BCUT2D eigenvalue weighted by Gasteiger charge is -2.28. The smallest absolute Gasteiger partial charge is 0.229 e. The van der Waals surface area contributed by atoms with E-state index in [2.05, 4.69) is 13.2 Å². The van der Waals surface area contributed by atoms with Crippen LogP contribution >= 0.6 is 11.8 Å². The van der Waals surface area contributed by atoms with Gasteiger partial charge in [-0.25, -0.2) is 0 Å². The molecular weight excluding hydrogens is 256 g/mol. The summed E-state index contributed by atoms with van der Waals surface area (Å²) < 4.78 is 0. The number of nitrogens with two attached hydrogens (primary N) is 1. The molecule has 2 unspecified atom stereocenters. The number of thioether (sulfide) groups is 1. The molecule has 106 valence electrons. The second kappa shape index (κ2) is 7.43. The van der Waals surface area contributed by atoms with Crippen molar-refractivity contribution < 1.29 is 4.79 Å².